The minimum atomic E-state index is -0.483. The Hall–Kier alpha value is -0.870. The molecule has 1 atom stereocenters. The van der Waals surface area contributed by atoms with E-state index >= 15 is 0 Å². The Morgan fingerprint density at radius 1 is 1.62 bits per heavy atom. The topological polar surface area (TPSA) is 55.1 Å². The Morgan fingerprint density at radius 2 is 2.31 bits per heavy atom. The number of amides is 1. The summed E-state index contributed by atoms with van der Waals surface area (Å²) in [5, 5.41) is 7.15. The van der Waals surface area contributed by atoms with Crippen molar-refractivity contribution in [2.75, 3.05) is 6.54 Å². The molecule has 1 aromatic rings. The number of rotatable bonds is 5. The number of nitrogens with two attached hydrogens (primary N) is 1. The zero-order chi connectivity index (χ0) is 12.2. The van der Waals surface area contributed by atoms with Gasteiger partial charge in [0, 0.05) is 12.6 Å². The second kappa shape index (κ2) is 5.46. The van der Waals surface area contributed by atoms with Gasteiger partial charge in [-0.1, -0.05) is 0 Å². The summed E-state index contributed by atoms with van der Waals surface area (Å²) in [6, 6.07) is 2.23. The maximum absolute atomic E-state index is 11.8. The van der Waals surface area contributed by atoms with Gasteiger partial charge in [0.2, 0.25) is 5.91 Å². The molecule has 0 aromatic carbocycles. The quantitative estimate of drug-likeness (QED) is 0.824. The summed E-state index contributed by atoms with van der Waals surface area (Å²) < 4.78 is 0. The van der Waals surface area contributed by atoms with Gasteiger partial charge in [0.1, 0.15) is 0 Å². The first-order valence-electron chi connectivity index (χ1n) is 5.48. The van der Waals surface area contributed by atoms with Crippen LogP contribution in [0.4, 0.5) is 0 Å². The molecule has 0 aliphatic heterocycles. The Kier molecular flexibility index (Phi) is 4.50. The van der Waals surface area contributed by atoms with Crippen LogP contribution in [0, 0.1) is 5.41 Å². The molecule has 90 valence electrons. The number of hydrogen-bond acceptors (Lipinski definition) is 3. The van der Waals surface area contributed by atoms with Crippen LogP contribution < -0.4 is 11.1 Å². The van der Waals surface area contributed by atoms with Gasteiger partial charge >= 0.3 is 0 Å². The van der Waals surface area contributed by atoms with Gasteiger partial charge in [0.25, 0.3) is 0 Å². The predicted octanol–water partition coefficient (Wildman–Crippen LogP) is 1.78. The van der Waals surface area contributed by atoms with Crippen LogP contribution in [-0.4, -0.2) is 18.5 Å². The monoisotopic (exact) mass is 240 g/mol. The summed E-state index contributed by atoms with van der Waals surface area (Å²) in [7, 11) is 0. The molecule has 16 heavy (non-hydrogen) atoms. The van der Waals surface area contributed by atoms with Crippen LogP contribution in [0.25, 0.3) is 0 Å². The Bertz CT molecular complexity index is 333. The highest BCUT2D eigenvalue weighted by molar-refractivity contribution is 7.07. The zero-order valence-corrected chi connectivity index (χ0v) is 10.9. The number of carbonyl (C=O) groups excluding carboxylic acids is 1. The smallest absolute Gasteiger partial charge is 0.227 e. The summed E-state index contributed by atoms with van der Waals surface area (Å²) in [5.74, 6) is 0.0257. The van der Waals surface area contributed by atoms with E-state index in [9.17, 15) is 4.79 Å². The molecule has 0 aliphatic rings. The fourth-order valence-electron chi connectivity index (χ4n) is 1.33. The Morgan fingerprint density at radius 3 is 2.81 bits per heavy atom. The number of hydrogen-bond donors (Lipinski definition) is 2. The molecule has 0 saturated heterocycles. The average Bonchev–Trinajstić information content (AvgIpc) is 2.70. The minimum Gasteiger partial charge on any atom is -0.353 e. The van der Waals surface area contributed by atoms with Gasteiger partial charge in [0.05, 0.1) is 5.41 Å². The normalized spacial score (nSPS) is 13.5. The first-order valence-corrected chi connectivity index (χ1v) is 6.42. The van der Waals surface area contributed by atoms with E-state index in [1.165, 1.54) is 5.56 Å². The first kappa shape index (κ1) is 13.2. The molecule has 0 aliphatic carbocycles. The van der Waals surface area contributed by atoms with Gasteiger partial charge in [-0.25, -0.2) is 0 Å². The number of carbonyl (C=O) groups is 1. The second-order valence-electron chi connectivity index (χ2n) is 4.80. The van der Waals surface area contributed by atoms with Gasteiger partial charge in [-0.05, 0) is 49.6 Å². The van der Waals surface area contributed by atoms with Crippen molar-refractivity contribution in [1.29, 1.82) is 0 Å². The highest BCUT2D eigenvalue weighted by Crippen LogP contribution is 2.14. The van der Waals surface area contributed by atoms with Crippen molar-refractivity contribution in [3.05, 3.63) is 22.4 Å². The van der Waals surface area contributed by atoms with Crippen LogP contribution in [0.5, 0.6) is 0 Å². The van der Waals surface area contributed by atoms with E-state index in [0.29, 0.717) is 6.54 Å². The third-order valence-electron chi connectivity index (χ3n) is 2.62. The molecule has 1 aromatic heterocycles. The van der Waals surface area contributed by atoms with Crippen molar-refractivity contribution in [1.82, 2.24) is 5.32 Å². The van der Waals surface area contributed by atoms with Crippen molar-refractivity contribution >= 4 is 17.2 Å². The van der Waals surface area contributed by atoms with Crippen molar-refractivity contribution in [3.8, 4) is 0 Å². The fourth-order valence-corrected chi connectivity index (χ4v) is 2.01. The van der Waals surface area contributed by atoms with Crippen LogP contribution in [-0.2, 0) is 11.2 Å². The van der Waals surface area contributed by atoms with Gasteiger partial charge in [0.15, 0.2) is 0 Å². The largest absolute Gasteiger partial charge is 0.353 e. The highest BCUT2D eigenvalue weighted by Gasteiger charge is 2.26. The van der Waals surface area contributed by atoms with E-state index in [1.54, 1.807) is 11.3 Å². The van der Waals surface area contributed by atoms with Crippen molar-refractivity contribution in [3.63, 3.8) is 0 Å². The molecule has 1 rings (SSSR count). The summed E-state index contributed by atoms with van der Waals surface area (Å²) in [4.78, 5) is 11.8. The maximum atomic E-state index is 11.8. The lowest BCUT2D eigenvalue weighted by atomic mass is 9.92. The fraction of sp³-hybridized carbons (Fsp3) is 0.583. The predicted molar refractivity (Wildman–Crippen MR) is 68.5 cm³/mol. The molecule has 4 heteroatoms. The number of thiophene rings is 1. The van der Waals surface area contributed by atoms with Crippen molar-refractivity contribution in [2.45, 2.75) is 33.2 Å². The molecule has 1 unspecified atom stereocenters. The van der Waals surface area contributed by atoms with Crippen LogP contribution in [0.15, 0.2) is 16.8 Å². The lowest BCUT2D eigenvalue weighted by Gasteiger charge is -2.24. The molecule has 0 spiro atoms. The van der Waals surface area contributed by atoms with Gasteiger partial charge < -0.3 is 11.1 Å². The average molecular weight is 240 g/mol. The highest BCUT2D eigenvalue weighted by atomic mass is 32.1. The van der Waals surface area contributed by atoms with Crippen molar-refractivity contribution < 1.29 is 4.79 Å². The molecule has 0 fully saturated rings. The molecule has 0 bridgehead atoms. The van der Waals surface area contributed by atoms with Crippen molar-refractivity contribution in [2.24, 2.45) is 11.1 Å². The minimum absolute atomic E-state index is 0.0257. The molecule has 0 radical (unpaired) electrons. The van der Waals surface area contributed by atoms with E-state index in [4.69, 9.17) is 5.73 Å². The third kappa shape index (κ3) is 3.61. The van der Waals surface area contributed by atoms with E-state index in [0.717, 1.165) is 6.42 Å². The van der Waals surface area contributed by atoms with Crippen LogP contribution >= 0.6 is 11.3 Å². The lowest BCUT2D eigenvalue weighted by molar-refractivity contribution is -0.129. The van der Waals surface area contributed by atoms with E-state index < -0.39 is 5.41 Å². The molecule has 3 N–H and O–H groups in total. The van der Waals surface area contributed by atoms with Gasteiger partial charge in [-0.3, -0.25) is 4.79 Å². The van der Waals surface area contributed by atoms with E-state index in [2.05, 4.69) is 16.8 Å². The van der Waals surface area contributed by atoms with E-state index in [1.807, 2.05) is 26.2 Å². The molecule has 3 nitrogen and oxygen atoms in total. The van der Waals surface area contributed by atoms with Crippen LogP contribution in [0.3, 0.4) is 0 Å². The number of nitrogens with one attached hydrogen (secondary N) is 1. The molecule has 0 saturated carbocycles. The molecular formula is C12H20N2OS. The van der Waals surface area contributed by atoms with Gasteiger partial charge in [-0.15, -0.1) is 0 Å². The van der Waals surface area contributed by atoms with E-state index in [-0.39, 0.29) is 11.9 Å². The third-order valence-corrected chi connectivity index (χ3v) is 3.36. The molecular weight excluding hydrogens is 220 g/mol. The zero-order valence-electron chi connectivity index (χ0n) is 10.1. The maximum Gasteiger partial charge on any atom is 0.227 e. The molecule has 1 amide bonds. The summed E-state index contributed by atoms with van der Waals surface area (Å²) in [6.07, 6.45) is 0.871. The summed E-state index contributed by atoms with van der Waals surface area (Å²) >= 11 is 1.68. The van der Waals surface area contributed by atoms with Crippen LogP contribution in [0.1, 0.15) is 26.3 Å². The van der Waals surface area contributed by atoms with Gasteiger partial charge in [-0.2, -0.15) is 11.3 Å². The Balaban J connectivity index is 2.46. The summed E-state index contributed by atoms with van der Waals surface area (Å²) in [5.41, 5.74) is 6.34. The lowest BCUT2D eigenvalue weighted by Crippen LogP contribution is -2.45. The second-order valence-corrected chi connectivity index (χ2v) is 5.58. The van der Waals surface area contributed by atoms with Crippen LogP contribution in [0.2, 0.25) is 0 Å². The first-order chi connectivity index (χ1) is 7.45. The standard InChI is InChI=1S/C12H20N2OS/c1-9(6-10-4-5-16-7-10)14-11(15)12(2,3)8-13/h4-5,7,9H,6,8,13H2,1-3H3,(H,14,15). The summed E-state index contributed by atoms with van der Waals surface area (Å²) in [6.45, 7) is 6.10. The Labute approximate surface area is 101 Å². The molecule has 1 heterocycles. The SMILES string of the molecule is CC(Cc1ccsc1)NC(=O)C(C)(C)CN.